The molecule has 1 amide bonds. The molecular weight excluding hydrogens is 415 g/mol. The second-order valence-electron chi connectivity index (χ2n) is 7.25. The number of ether oxygens (including phenoxy) is 2. The van der Waals surface area contributed by atoms with Crippen molar-refractivity contribution in [3.8, 4) is 17.6 Å². The molecular formula is C24H19FN2O5. The summed E-state index contributed by atoms with van der Waals surface area (Å²) in [6.45, 7) is -0.171. The number of anilines is 1. The molecule has 1 fully saturated rings. The summed E-state index contributed by atoms with van der Waals surface area (Å²) in [5.41, 5.74) is 1.49. The Kier molecular flexibility index (Phi) is 5.92. The van der Waals surface area contributed by atoms with Crippen LogP contribution in [0.1, 0.15) is 17.2 Å². The first-order valence-electron chi connectivity index (χ1n) is 9.81. The van der Waals surface area contributed by atoms with Crippen LogP contribution in [-0.2, 0) is 4.74 Å². The molecule has 3 atom stereocenters. The maximum Gasteiger partial charge on any atom is 0.415 e. The van der Waals surface area contributed by atoms with Crippen LogP contribution in [0.3, 0.4) is 0 Å². The Morgan fingerprint density at radius 3 is 2.34 bits per heavy atom. The van der Waals surface area contributed by atoms with E-state index in [0.717, 1.165) is 0 Å². The van der Waals surface area contributed by atoms with Crippen molar-refractivity contribution in [1.82, 2.24) is 0 Å². The Morgan fingerprint density at radius 2 is 1.72 bits per heavy atom. The topological polar surface area (TPSA) is 103 Å². The number of aliphatic hydroxyl groups excluding tert-OH is 1. The Hall–Kier alpha value is -4.09. The molecule has 3 aromatic rings. The van der Waals surface area contributed by atoms with Gasteiger partial charge in [-0.15, -0.1) is 0 Å². The van der Waals surface area contributed by atoms with E-state index in [1.165, 1.54) is 41.3 Å². The lowest BCUT2D eigenvalue weighted by molar-refractivity contribution is -0.00646. The van der Waals surface area contributed by atoms with Crippen LogP contribution in [0, 0.1) is 17.1 Å². The van der Waals surface area contributed by atoms with Crippen molar-refractivity contribution >= 4 is 11.8 Å². The van der Waals surface area contributed by atoms with Gasteiger partial charge in [0.25, 0.3) is 0 Å². The van der Waals surface area contributed by atoms with Crippen LogP contribution >= 0.6 is 0 Å². The number of cyclic esters (lactones) is 1. The lowest BCUT2D eigenvalue weighted by Gasteiger charge is -2.27. The van der Waals surface area contributed by atoms with Crippen molar-refractivity contribution in [1.29, 1.82) is 5.26 Å². The number of benzene rings is 3. The summed E-state index contributed by atoms with van der Waals surface area (Å²) in [5, 5.41) is 29.4. The number of carbonyl (C=O) groups excluding carboxylic acids is 1. The van der Waals surface area contributed by atoms with Gasteiger partial charge in [-0.2, -0.15) is 5.26 Å². The molecule has 2 N–H and O–H groups in total. The molecule has 0 bridgehead atoms. The van der Waals surface area contributed by atoms with Crippen LogP contribution in [0.25, 0.3) is 0 Å². The number of halogens is 1. The third-order valence-electron chi connectivity index (χ3n) is 5.15. The van der Waals surface area contributed by atoms with Crippen molar-refractivity contribution in [3.63, 3.8) is 0 Å². The summed E-state index contributed by atoms with van der Waals surface area (Å²) in [5.74, 6) is 0.0485. The van der Waals surface area contributed by atoms with Crippen molar-refractivity contribution in [3.05, 3.63) is 89.7 Å². The number of aliphatic hydroxyl groups is 1. The minimum Gasteiger partial charge on any atom is -0.508 e. The van der Waals surface area contributed by atoms with E-state index in [1.54, 1.807) is 36.4 Å². The molecule has 7 nitrogen and oxygen atoms in total. The monoisotopic (exact) mass is 434 g/mol. The third kappa shape index (κ3) is 4.33. The summed E-state index contributed by atoms with van der Waals surface area (Å²) < 4.78 is 24.5. The minimum absolute atomic E-state index is 0.0496. The number of hydrogen-bond donors (Lipinski definition) is 2. The number of rotatable bonds is 6. The van der Waals surface area contributed by atoms with Crippen LogP contribution in [0.15, 0.2) is 72.8 Å². The molecule has 1 aliphatic heterocycles. The number of phenols is 1. The molecule has 4 rings (SSSR count). The predicted molar refractivity (Wildman–Crippen MR) is 113 cm³/mol. The molecule has 0 aromatic heterocycles. The number of nitriles is 1. The molecule has 0 radical (unpaired) electrons. The third-order valence-corrected chi connectivity index (χ3v) is 5.15. The first-order chi connectivity index (χ1) is 15.5. The highest BCUT2D eigenvalue weighted by Gasteiger charge is 2.47. The van der Waals surface area contributed by atoms with E-state index < -0.39 is 30.2 Å². The first kappa shape index (κ1) is 21.2. The van der Waals surface area contributed by atoms with Gasteiger partial charge in [-0.05, 0) is 66.2 Å². The Labute approximate surface area is 183 Å². The van der Waals surface area contributed by atoms with E-state index in [9.17, 15) is 19.4 Å². The smallest absolute Gasteiger partial charge is 0.415 e. The van der Waals surface area contributed by atoms with Crippen LogP contribution in [-0.4, -0.2) is 35.1 Å². The fourth-order valence-electron chi connectivity index (χ4n) is 3.57. The quantitative estimate of drug-likeness (QED) is 0.610. The van der Waals surface area contributed by atoms with Crippen molar-refractivity contribution in [2.45, 2.75) is 18.2 Å². The van der Waals surface area contributed by atoms with E-state index in [2.05, 4.69) is 0 Å². The number of hydrogen-bond acceptors (Lipinski definition) is 6. The zero-order valence-corrected chi connectivity index (χ0v) is 16.8. The van der Waals surface area contributed by atoms with Gasteiger partial charge < -0.3 is 19.7 Å². The molecule has 1 aliphatic rings. The van der Waals surface area contributed by atoms with Gasteiger partial charge in [-0.3, -0.25) is 4.90 Å². The Bertz CT molecular complexity index is 1130. The van der Waals surface area contributed by atoms with Crippen LogP contribution in [0.4, 0.5) is 14.9 Å². The number of nitrogens with zero attached hydrogens (tertiary/aromatic N) is 2. The molecule has 3 aromatic carbocycles. The zero-order valence-electron chi connectivity index (χ0n) is 16.8. The summed E-state index contributed by atoms with van der Waals surface area (Å²) in [6, 6.07) is 19.2. The van der Waals surface area contributed by atoms with E-state index >= 15 is 0 Å². The molecule has 2 unspecified atom stereocenters. The van der Waals surface area contributed by atoms with Crippen LogP contribution < -0.4 is 9.64 Å². The van der Waals surface area contributed by atoms with Gasteiger partial charge in [-0.25, -0.2) is 9.18 Å². The summed E-state index contributed by atoms with van der Waals surface area (Å²) in [7, 11) is 0. The van der Waals surface area contributed by atoms with Crippen molar-refractivity contribution in [2.24, 2.45) is 0 Å². The van der Waals surface area contributed by atoms with Crippen molar-refractivity contribution in [2.75, 3.05) is 11.5 Å². The van der Waals surface area contributed by atoms with Crippen LogP contribution in [0.2, 0.25) is 0 Å². The second-order valence-corrected chi connectivity index (χ2v) is 7.25. The second kappa shape index (κ2) is 8.96. The number of aromatic hydroxyl groups is 1. The van der Waals surface area contributed by atoms with Gasteiger partial charge in [0.15, 0.2) is 6.10 Å². The standard InChI is InChI=1S/C24H19FN2O5/c25-17-5-7-18(8-6-17)27-22(16-3-9-19(28)10-4-16)23(32-24(27)30)21(29)14-31-20-11-1-15(13-26)2-12-20/h1-12,21-23,28-29H,14H2/t21?,22-,23?/m1/s1. The number of phenolic OH excluding ortho intramolecular Hbond substituents is 1. The van der Waals surface area contributed by atoms with Gasteiger partial charge in [0.05, 0.1) is 11.6 Å². The molecule has 0 saturated carbocycles. The lowest BCUT2D eigenvalue weighted by atomic mass is 9.96. The highest BCUT2D eigenvalue weighted by atomic mass is 19.1. The van der Waals surface area contributed by atoms with Crippen molar-refractivity contribution < 1.29 is 28.9 Å². The van der Waals surface area contributed by atoms with Gasteiger partial charge in [0.2, 0.25) is 0 Å². The van der Waals surface area contributed by atoms with E-state index in [0.29, 0.717) is 22.6 Å². The van der Waals surface area contributed by atoms with E-state index in [-0.39, 0.29) is 12.4 Å². The van der Waals surface area contributed by atoms with Gasteiger partial charge >= 0.3 is 6.09 Å². The summed E-state index contributed by atoms with van der Waals surface area (Å²) >= 11 is 0. The van der Waals surface area contributed by atoms with Crippen LogP contribution in [0.5, 0.6) is 11.5 Å². The van der Waals surface area contributed by atoms with Gasteiger partial charge in [0.1, 0.15) is 36.1 Å². The molecule has 1 saturated heterocycles. The molecule has 32 heavy (non-hydrogen) atoms. The first-order valence-corrected chi connectivity index (χ1v) is 9.81. The molecule has 0 spiro atoms. The number of carbonyl (C=O) groups is 1. The summed E-state index contributed by atoms with van der Waals surface area (Å²) in [6.07, 6.45) is -2.88. The summed E-state index contributed by atoms with van der Waals surface area (Å²) in [4.78, 5) is 14.1. The van der Waals surface area contributed by atoms with Gasteiger partial charge in [-0.1, -0.05) is 12.1 Å². The predicted octanol–water partition coefficient (Wildman–Crippen LogP) is 3.91. The Morgan fingerprint density at radius 1 is 1.06 bits per heavy atom. The lowest BCUT2D eigenvalue weighted by Crippen LogP contribution is -2.38. The fraction of sp³-hybridized carbons (Fsp3) is 0.167. The molecule has 162 valence electrons. The SMILES string of the molecule is N#Cc1ccc(OCC(O)C2OC(=O)N(c3ccc(F)cc3)[C@@H]2c2ccc(O)cc2)cc1. The molecule has 0 aliphatic carbocycles. The largest absolute Gasteiger partial charge is 0.508 e. The Balaban J connectivity index is 1.60. The average molecular weight is 434 g/mol. The normalized spacial score (nSPS) is 18.7. The number of amides is 1. The highest BCUT2D eigenvalue weighted by Crippen LogP contribution is 2.39. The van der Waals surface area contributed by atoms with E-state index in [1.807, 2.05) is 6.07 Å². The minimum atomic E-state index is -1.20. The maximum atomic E-state index is 13.4. The van der Waals surface area contributed by atoms with Gasteiger partial charge in [0, 0.05) is 5.69 Å². The zero-order chi connectivity index (χ0) is 22.7. The fourth-order valence-corrected chi connectivity index (χ4v) is 3.57. The molecule has 1 heterocycles. The van der Waals surface area contributed by atoms with E-state index in [4.69, 9.17) is 14.7 Å². The molecule has 8 heteroatoms. The maximum absolute atomic E-state index is 13.4. The average Bonchev–Trinajstić information content (AvgIpc) is 3.16. The highest BCUT2D eigenvalue weighted by molar-refractivity contribution is 5.91.